The Morgan fingerprint density at radius 1 is 1.45 bits per heavy atom. The van der Waals surface area contributed by atoms with Crippen molar-refractivity contribution in [1.82, 2.24) is 9.55 Å². The number of aryl methyl sites for hydroxylation is 2. The molecular weight excluding hydrogens is 279 g/mol. The van der Waals surface area contributed by atoms with Crippen molar-refractivity contribution < 1.29 is 14.3 Å². The average Bonchev–Trinajstić information content (AvgIpc) is 2.76. The Bertz CT molecular complexity index is 613. The fourth-order valence-corrected chi connectivity index (χ4v) is 2.66. The van der Waals surface area contributed by atoms with Crippen molar-refractivity contribution >= 4 is 17.7 Å². The minimum atomic E-state index is -0.878. The largest absolute Gasteiger partial charge is 0.481 e. The van der Waals surface area contributed by atoms with Crippen molar-refractivity contribution in [2.45, 2.75) is 25.0 Å². The van der Waals surface area contributed by atoms with Gasteiger partial charge < -0.3 is 9.67 Å². The molecule has 0 saturated carbocycles. The Balaban J connectivity index is 2.07. The van der Waals surface area contributed by atoms with E-state index in [0.29, 0.717) is 23.7 Å². The first-order valence-corrected chi connectivity index (χ1v) is 7.16. The Kier molecular flexibility index (Phi) is 4.79. The van der Waals surface area contributed by atoms with Gasteiger partial charge >= 0.3 is 5.97 Å². The molecular formula is C14H15FN2O2S. The van der Waals surface area contributed by atoms with E-state index in [4.69, 9.17) is 5.11 Å². The number of benzene rings is 1. The van der Waals surface area contributed by atoms with E-state index in [9.17, 15) is 9.18 Å². The first-order valence-electron chi connectivity index (χ1n) is 6.18. The number of carboxylic acid groups (broad SMARTS) is 1. The van der Waals surface area contributed by atoms with Gasteiger partial charge in [0.15, 0.2) is 5.16 Å². The van der Waals surface area contributed by atoms with Gasteiger partial charge in [-0.2, -0.15) is 0 Å². The highest BCUT2D eigenvalue weighted by Crippen LogP contribution is 2.19. The molecule has 4 nitrogen and oxygen atoms in total. The monoisotopic (exact) mass is 294 g/mol. The lowest BCUT2D eigenvalue weighted by Crippen LogP contribution is -2.07. The Labute approximate surface area is 120 Å². The molecule has 1 aromatic carbocycles. The molecule has 0 bridgehead atoms. The van der Waals surface area contributed by atoms with E-state index in [1.165, 1.54) is 17.8 Å². The summed E-state index contributed by atoms with van der Waals surface area (Å²) in [6.07, 6.45) is 2.25. The van der Waals surface area contributed by atoms with Crippen molar-refractivity contribution in [2.75, 3.05) is 5.75 Å². The van der Waals surface area contributed by atoms with Crippen LogP contribution >= 0.6 is 11.8 Å². The summed E-state index contributed by atoms with van der Waals surface area (Å²) in [7, 11) is 0. The fourth-order valence-electron chi connectivity index (χ4n) is 1.89. The summed E-state index contributed by atoms with van der Waals surface area (Å²) in [5.74, 6) is -1.13. The third-order valence-electron chi connectivity index (χ3n) is 2.91. The van der Waals surface area contributed by atoms with Gasteiger partial charge in [-0.1, -0.05) is 30.0 Å². The molecule has 0 aliphatic heterocycles. The third-order valence-corrected chi connectivity index (χ3v) is 3.88. The second-order valence-corrected chi connectivity index (χ2v) is 5.30. The van der Waals surface area contributed by atoms with Crippen molar-refractivity contribution in [3.05, 3.63) is 47.5 Å². The van der Waals surface area contributed by atoms with Crippen molar-refractivity contribution in [3.8, 4) is 0 Å². The highest BCUT2D eigenvalue weighted by Gasteiger charge is 2.10. The molecule has 0 radical (unpaired) electrons. The Morgan fingerprint density at radius 2 is 2.20 bits per heavy atom. The van der Waals surface area contributed by atoms with E-state index in [2.05, 4.69) is 4.98 Å². The zero-order valence-corrected chi connectivity index (χ0v) is 11.9. The SMILES string of the molecule is Cc1cnc(SCC(=O)O)n1CCc1ccccc1F. The third kappa shape index (κ3) is 3.60. The predicted molar refractivity (Wildman–Crippen MR) is 75.4 cm³/mol. The number of hydrogen-bond acceptors (Lipinski definition) is 3. The van der Waals surface area contributed by atoms with Gasteiger partial charge in [0.1, 0.15) is 5.82 Å². The van der Waals surface area contributed by atoms with Gasteiger partial charge in [-0.3, -0.25) is 4.79 Å². The quantitative estimate of drug-likeness (QED) is 0.832. The highest BCUT2D eigenvalue weighted by molar-refractivity contribution is 7.99. The summed E-state index contributed by atoms with van der Waals surface area (Å²) in [6.45, 7) is 2.48. The molecule has 0 atom stereocenters. The fraction of sp³-hybridized carbons (Fsp3) is 0.286. The maximum absolute atomic E-state index is 13.6. The first-order chi connectivity index (χ1) is 9.58. The summed E-state index contributed by atoms with van der Waals surface area (Å²) in [6, 6.07) is 6.66. The maximum Gasteiger partial charge on any atom is 0.313 e. The van der Waals surface area contributed by atoms with Crippen LogP contribution in [0, 0.1) is 12.7 Å². The molecule has 1 heterocycles. The van der Waals surface area contributed by atoms with Gasteiger partial charge in [-0.15, -0.1) is 0 Å². The molecule has 0 amide bonds. The summed E-state index contributed by atoms with van der Waals surface area (Å²) >= 11 is 1.17. The molecule has 1 aromatic heterocycles. The van der Waals surface area contributed by atoms with E-state index < -0.39 is 5.97 Å². The number of nitrogens with zero attached hydrogens (tertiary/aromatic N) is 2. The number of carbonyl (C=O) groups is 1. The minimum Gasteiger partial charge on any atom is -0.481 e. The van der Waals surface area contributed by atoms with Crippen molar-refractivity contribution in [1.29, 1.82) is 0 Å². The number of hydrogen-bond donors (Lipinski definition) is 1. The first kappa shape index (κ1) is 14.6. The molecule has 0 fully saturated rings. The van der Waals surface area contributed by atoms with E-state index >= 15 is 0 Å². The number of imidazole rings is 1. The van der Waals surface area contributed by atoms with Crippen LogP contribution in [0.4, 0.5) is 4.39 Å². The predicted octanol–water partition coefficient (Wildman–Crippen LogP) is 2.75. The Hall–Kier alpha value is -1.82. The van der Waals surface area contributed by atoms with Crippen LogP contribution in [0.15, 0.2) is 35.6 Å². The van der Waals surface area contributed by atoms with E-state index in [-0.39, 0.29) is 11.6 Å². The van der Waals surface area contributed by atoms with Gasteiger partial charge in [0.2, 0.25) is 0 Å². The van der Waals surface area contributed by atoms with Gasteiger partial charge in [0, 0.05) is 18.4 Å². The number of aliphatic carboxylic acids is 1. The van der Waals surface area contributed by atoms with Crippen LogP contribution < -0.4 is 0 Å². The van der Waals surface area contributed by atoms with Crippen LogP contribution in [0.1, 0.15) is 11.3 Å². The van der Waals surface area contributed by atoms with Crippen LogP contribution in [0.2, 0.25) is 0 Å². The number of aromatic nitrogens is 2. The summed E-state index contributed by atoms with van der Waals surface area (Å²) in [4.78, 5) is 14.8. The van der Waals surface area contributed by atoms with Crippen molar-refractivity contribution in [3.63, 3.8) is 0 Å². The minimum absolute atomic E-state index is 0.0316. The average molecular weight is 294 g/mol. The van der Waals surface area contributed by atoms with E-state index in [0.717, 1.165) is 5.69 Å². The zero-order valence-electron chi connectivity index (χ0n) is 11.0. The molecule has 6 heteroatoms. The number of halogens is 1. The lowest BCUT2D eigenvalue weighted by molar-refractivity contribution is -0.133. The lowest BCUT2D eigenvalue weighted by Gasteiger charge is -2.09. The highest BCUT2D eigenvalue weighted by atomic mass is 32.2. The molecule has 2 aromatic rings. The van der Waals surface area contributed by atoms with E-state index in [1.807, 2.05) is 11.5 Å². The van der Waals surface area contributed by atoms with Gasteiger partial charge in [0.05, 0.1) is 5.75 Å². The summed E-state index contributed by atoms with van der Waals surface area (Å²) < 4.78 is 15.5. The topological polar surface area (TPSA) is 55.1 Å². The second-order valence-electron chi connectivity index (χ2n) is 4.36. The Morgan fingerprint density at radius 3 is 2.90 bits per heavy atom. The number of carboxylic acids is 1. The summed E-state index contributed by atoms with van der Waals surface area (Å²) in [5.41, 5.74) is 1.59. The van der Waals surface area contributed by atoms with Crippen LogP contribution in [0.5, 0.6) is 0 Å². The van der Waals surface area contributed by atoms with Gasteiger partial charge in [-0.25, -0.2) is 9.37 Å². The molecule has 20 heavy (non-hydrogen) atoms. The van der Waals surface area contributed by atoms with Crippen molar-refractivity contribution in [2.24, 2.45) is 0 Å². The van der Waals surface area contributed by atoms with Crippen LogP contribution in [0.3, 0.4) is 0 Å². The number of rotatable bonds is 6. The van der Waals surface area contributed by atoms with E-state index in [1.54, 1.807) is 24.4 Å². The molecule has 0 saturated heterocycles. The van der Waals surface area contributed by atoms with Crippen LogP contribution in [-0.2, 0) is 17.8 Å². The standard InChI is InChI=1S/C14H15FN2O2S/c1-10-8-16-14(20-9-13(18)19)17(10)7-6-11-4-2-3-5-12(11)15/h2-5,8H,6-7,9H2,1H3,(H,18,19). The van der Waals surface area contributed by atoms with Crippen LogP contribution in [0.25, 0.3) is 0 Å². The maximum atomic E-state index is 13.6. The summed E-state index contributed by atoms with van der Waals surface area (Å²) in [5, 5.41) is 9.36. The smallest absolute Gasteiger partial charge is 0.313 e. The van der Waals surface area contributed by atoms with Gasteiger partial charge in [0.25, 0.3) is 0 Å². The molecule has 0 aliphatic rings. The molecule has 106 valence electrons. The molecule has 1 N–H and O–H groups in total. The van der Waals surface area contributed by atoms with Gasteiger partial charge in [-0.05, 0) is 25.0 Å². The zero-order chi connectivity index (χ0) is 14.5. The molecule has 0 aliphatic carbocycles. The molecule has 0 spiro atoms. The van der Waals surface area contributed by atoms with Crippen LogP contribution in [-0.4, -0.2) is 26.4 Å². The normalized spacial score (nSPS) is 10.7. The lowest BCUT2D eigenvalue weighted by atomic mass is 10.1. The second kappa shape index (κ2) is 6.56. The molecule has 0 unspecified atom stereocenters. The molecule has 2 rings (SSSR count). The number of thioether (sulfide) groups is 1.